The molecule has 0 bridgehead atoms. The molecule has 7 nitrogen and oxygen atoms in total. The van der Waals surface area contributed by atoms with Gasteiger partial charge in [0.15, 0.2) is 11.5 Å². The van der Waals surface area contributed by atoms with Gasteiger partial charge in [0.2, 0.25) is 5.91 Å². The summed E-state index contributed by atoms with van der Waals surface area (Å²) in [5.41, 5.74) is 2.29. The fourth-order valence-electron chi connectivity index (χ4n) is 3.44. The third-order valence-corrected chi connectivity index (χ3v) is 6.79. The molecular formula is C23H18Cl2N2O5S. The first-order valence-corrected chi connectivity index (χ1v) is 11.6. The van der Waals surface area contributed by atoms with Gasteiger partial charge in [-0.25, -0.2) is 0 Å². The smallest absolute Gasteiger partial charge is 0.269 e. The second kappa shape index (κ2) is 9.91. The van der Waals surface area contributed by atoms with E-state index in [-0.39, 0.29) is 23.6 Å². The Morgan fingerprint density at radius 2 is 1.82 bits per heavy atom. The van der Waals surface area contributed by atoms with Crippen LogP contribution < -0.4 is 14.4 Å². The standard InChI is InChI=1S/C23H18Cl2N2O5S/c1-31-20-11-15(23-26(21(28)13-33-23)17-8-4-16(24)5-9-17)10-19(25)22(20)32-12-14-2-6-18(7-3-14)27(29)30/h2-11,23H,12-13H2,1H3/t23-/m1/s1. The van der Waals surface area contributed by atoms with E-state index in [2.05, 4.69) is 0 Å². The summed E-state index contributed by atoms with van der Waals surface area (Å²) < 4.78 is 11.4. The Balaban J connectivity index is 1.58. The van der Waals surface area contributed by atoms with Crippen molar-refractivity contribution in [3.63, 3.8) is 0 Å². The minimum absolute atomic E-state index is 0.00701. The lowest BCUT2D eigenvalue weighted by molar-refractivity contribution is -0.384. The lowest BCUT2D eigenvalue weighted by Crippen LogP contribution is -2.27. The topological polar surface area (TPSA) is 81.9 Å². The van der Waals surface area contributed by atoms with Crippen molar-refractivity contribution in [3.8, 4) is 11.5 Å². The van der Waals surface area contributed by atoms with Gasteiger partial charge < -0.3 is 9.47 Å². The highest BCUT2D eigenvalue weighted by Crippen LogP contribution is 2.46. The van der Waals surface area contributed by atoms with Crippen molar-refractivity contribution >= 4 is 52.2 Å². The summed E-state index contributed by atoms with van der Waals surface area (Å²) >= 11 is 14.0. The molecule has 1 aliphatic rings. The molecule has 1 atom stereocenters. The minimum atomic E-state index is -0.456. The molecule has 10 heteroatoms. The van der Waals surface area contributed by atoms with E-state index in [0.717, 1.165) is 16.8 Å². The Morgan fingerprint density at radius 1 is 1.12 bits per heavy atom. The highest BCUT2D eigenvalue weighted by atomic mass is 35.5. The second-order valence-electron chi connectivity index (χ2n) is 7.15. The van der Waals surface area contributed by atoms with E-state index in [1.54, 1.807) is 53.4 Å². The zero-order chi connectivity index (χ0) is 23.5. The van der Waals surface area contributed by atoms with E-state index in [1.165, 1.54) is 31.0 Å². The number of methoxy groups -OCH3 is 1. The molecule has 0 aliphatic carbocycles. The second-order valence-corrected chi connectivity index (χ2v) is 9.06. The van der Waals surface area contributed by atoms with Crippen LogP contribution in [0.15, 0.2) is 60.7 Å². The first-order valence-electron chi connectivity index (χ1n) is 9.80. The van der Waals surface area contributed by atoms with Gasteiger partial charge in [0.1, 0.15) is 12.0 Å². The summed E-state index contributed by atoms with van der Waals surface area (Å²) in [5.74, 6) is 1.11. The SMILES string of the molecule is COc1cc([C@H]2SCC(=O)N2c2ccc(Cl)cc2)cc(Cl)c1OCc1ccc([N+](=O)[O-])cc1. The molecule has 0 saturated carbocycles. The molecule has 0 aromatic heterocycles. The maximum Gasteiger partial charge on any atom is 0.269 e. The van der Waals surface area contributed by atoms with Crippen LogP contribution in [0.5, 0.6) is 11.5 Å². The van der Waals surface area contributed by atoms with Gasteiger partial charge >= 0.3 is 0 Å². The van der Waals surface area contributed by atoms with Crippen LogP contribution in [0.2, 0.25) is 10.0 Å². The minimum Gasteiger partial charge on any atom is -0.493 e. The lowest BCUT2D eigenvalue weighted by atomic mass is 10.1. The largest absolute Gasteiger partial charge is 0.493 e. The number of nitrogens with zero attached hydrogens (tertiary/aromatic N) is 2. The van der Waals surface area contributed by atoms with Gasteiger partial charge in [-0.15, -0.1) is 11.8 Å². The molecule has 4 rings (SSSR count). The summed E-state index contributed by atoms with van der Waals surface area (Å²) in [7, 11) is 1.51. The number of amides is 1. The number of hydrogen-bond donors (Lipinski definition) is 0. The quantitative estimate of drug-likeness (QED) is 0.278. The third kappa shape index (κ3) is 5.03. The highest BCUT2D eigenvalue weighted by Gasteiger charge is 2.35. The third-order valence-electron chi connectivity index (χ3n) is 5.04. The van der Waals surface area contributed by atoms with Crippen molar-refractivity contribution in [2.24, 2.45) is 0 Å². The van der Waals surface area contributed by atoms with E-state index in [4.69, 9.17) is 32.7 Å². The molecule has 1 amide bonds. The predicted molar refractivity (Wildman–Crippen MR) is 130 cm³/mol. The normalized spacial score (nSPS) is 15.5. The van der Waals surface area contributed by atoms with Crippen LogP contribution in [0.3, 0.4) is 0 Å². The summed E-state index contributed by atoms with van der Waals surface area (Å²) in [6.07, 6.45) is 0. The number of carbonyl (C=O) groups is 1. The Bertz CT molecular complexity index is 1190. The summed E-state index contributed by atoms with van der Waals surface area (Å²) in [6.45, 7) is 0.154. The van der Waals surface area contributed by atoms with Crippen molar-refractivity contribution < 1.29 is 19.2 Å². The summed E-state index contributed by atoms with van der Waals surface area (Å²) in [5, 5.41) is 11.5. The van der Waals surface area contributed by atoms with Crippen LogP contribution in [0.1, 0.15) is 16.5 Å². The van der Waals surface area contributed by atoms with Gasteiger partial charge in [0, 0.05) is 22.8 Å². The van der Waals surface area contributed by atoms with Crippen molar-refractivity contribution in [3.05, 3.63) is 92.0 Å². The van der Waals surface area contributed by atoms with E-state index < -0.39 is 4.92 Å². The number of hydrogen-bond acceptors (Lipinski definition) is 6. The van der Waals surface area contributed by atoms with Crippen LogP contribution in [0, 0.1) is 10.1 Å². The van der Waals surface area contributed by atoms with Crippen molar-refractivity contribution in [2.45, 2.75) is 12.0 Å². The first kappa shape index (κ1) is 23.2. The lowest BCUT2D eigenvalue weighted by Gasteiger charge is -2.25. The maximum atomic E-state index is 12.6. The monoisotopic (exact) mass is 504 g/mol. The molecule has 1 heterocycles. The number of non-ortho nitro benzene ring substituents is 1. The molecule has 3 aromatic rings. The average Bonchev–Trinajstić information content (AvgIpc) is 3.20. The number of rotatable bonds is 7. The molecule has 1 fully saturated rings. The average molecular weight is 505 g/mol. The van der Waals surface area contributed by atoms with Gasteiger partial charge in [0.25, 0.3) is 5.69 Å². The van der Waals surface area contributed by atoms with Gasteiger partial charge in [-0.05, 0) is 59.7 Å². The number of nitro groups is 1. The maximum absolute atomic E-state index is 12.6. The fourth-order valence-corrected chi connectivity index (χ4v) is 5.00. The molecule has 0 unspecified atom stereocenters. The van der Waals surface area contributed by atoms with E-state index in [0.29, 0.717) is 27.3 Å². The molecule has 170 valence electrons. The highest BCUT2D eigenvalue weighted by molar-refractivity contribution is 8.00. The van der Waals surface area contributed by atoms with Crippen LogP contribution >= 0.6 is 35.0 Å². The Labute approximate surface area is 204 Å². The molecule has 0 spiro atoms. The van der Waals surface area contributed by atoms with Gasteiger partial charge in [0.05, 0.1) is 22.8 Å². The van der Waals surface area contributed by atoms with E-state index >= 15 is 0 Å². The molecule has 3 aromatic carbocycles. The molecule has 1 saturated heterocycles. The number of ether oxygens (including phenoxy) is 2. The number of benzene rings is 3. The molecule has 33 heavy (non-hydrogen) atoms. The Hall–Kier alpha value is -2.94. The Kier molecular flexibility index (Phi) is 6.97. The van der Waals surface area contributed by atoms with Crippen LogP contribution in [0.25, 0.3) is 0 Å². The van der Waals surface area contributed by atoms with Gasteiger partial charge in [-0.3, -0.25) is 19.8 Å². The number of carbonyl (C=O) groups excluding carboxylic acids is 1. The van der Waals surface area contributed by atoms with Crippen LogP contribution in [-0.4, -0.2) is 23.7 Å². The van der Waals surface area contributed by atoms with Crippen molar-refractivity contribution in [1.29, 1.82) is 0 Å². The molecular weight excluding hydrogens is 487 g/mol. The summed E-state index contributed by atoms with van der Waals surface area (Å²) in [4.78, 5) is 24.7. The molecule has 0 radical (unpaired) electrons. The summed E-state index contributed by atoms with van der Waals surface area (Å²) in [6, 6.07) is 16.7. The first-order chi connectivity index (χ1) is 15.9. The van der Waals surface area contributed by atoms with Crippen LogP contribution in [-0.2, 0) is 11.4 Å². The van der Waals surface area contributed by atoms with Crippen LogP contribution in [0.4, 0.5) is 11.4 Å². The van der Waals surface area contributed by atoms with E-state index in [9.17, 15) is 14.9 Å². The van der Waals surface area contributed by atoms with Crippen molar-refractivity contribution in [2.75, 3.05) is 17.8 Å². The van der Waals surface area contributed by atoms with Gasteiger partial charge in [-0.2, -0.15) is 0 Å². The molecule has 0 N–H and O–H groups in total. The molecule has 1 aliphatic heterocycles. The Morgan fingerprint density at radius 3 is 2.45 bits per heavy atom. The number of thioether (sulfide) groups is 1. The van der Waals surface area contributed by atoms with Crippen molar-refractivity contribution in [1.82, 2.24) is 0 Å². The number of anilines is 1. The zero-order valence-electron chi connectivity index (χ0n) is 17.4. The predicted octanol–water partition coefficient (Wildman–Crippen LogP) is 6.27. The zero-order valence-corrected chi connectivity index (χ0v) is 19.7. The number of nitro benzene ring substituents is 1. The fraction of sp³-hybridized carbons (Fsp3) is 0.174. The van der Waals surface area contributed by atoms with Gasteiger partial charge in [-0.1, -0.05) is 23.2 Å². The number of halogens is 2. The van der Waals surface area contributed by atoms with E-state index in [1.807, 2.05) is 0 Å².